The smallest absolute Gasteiger partial charge is 0.335 e. The fourth-order valence-electron chi connectivity index (χ4n) is 3.31. The normalized spacial score (nSPS) is 13.2. The van der Waals surface area contributed by atoms with Crippen LogP contribution in [0.15, 0.2) is 76.5 Å². The summed E-state index contributed by atoms with van der Waals surface area (Å²) < 4.78 is 25.9. The van der Waals surface area contributed by atoms with Crippen LogP contribution in [0.1, 0.15) is 41.4 Å². The van der Waals surface area contributed by atoms with Crippen LogP contribution in [0, 0.1) is 0 Å². The molecule has 4 rings (SSSR count). The van der Waals surface area contributed by atoms with Gasteiger partial charge in [0.15, 0.2) is 0 Å². The van der Waals surface area contributed by atoms with E-state index in [4.69, 9.17) is 10.2 Å². The van der Waals surface area contributed by atoms with Crippen molar-refractivity contribution in [3.05, 3.63) is 89.0 Å². The number of hydrogen-bond donors (Lipinski definition) is 2. The Labute approximate surface area is 181 Å². The number of benzene rings is 3. The Bertz CT molecular complexity index is 1420. The van der Waals surface area contributed by atoms with Crippen LogP contribution in [0.25, 0.3) is 0 Å². The highest BCUT2D eigenvalue weighted by Gasteiger charge is 2.38. The Kier molecular flexibility index (Phi) is 4.86. The number of sulfone groups is 1. The highest BCUT2D eigenvalue weighted by Crippen LogP contribution is 2.32. The molecule has 1 heterocycles. The lowest BCUT2D eigenvalue weighted by molar-refractivity contribution is 0.0686. The van der Waals surface area contributed by atoms with Gasteiger partial charge in [-0.25, -0.2) is 22.9 Å². The fraction of sp³-hybridized carbons (Fsp3) is 0. The number of aromatic carboxylic acids is 2. The standard InChI is InChI=1S/C22H13NO8S/c24-19-17-9-8-16(32(30,31)15-6-4-12(5-7-15)21(26)27)11-18(17)20(25)23(19)14-3-1-2-13(10-14)22(28)29/h1-11H,(H,26,27)(H,28,29). The average molecular weight is 451 g/mol. The van der Waals surface area contributed by atoms with Gasteiger partial charge in [-0.3, -0.25) is 9.59 Å². The van der Waals surface area contributed by atoms with Crippen LogP contribution in [0.4, 0.5) is 5.69 Å². The van der Waals surface area contributed by atoms with Gasteiger partial charge in [0.25, 0.3) is 11.8 Å². The first-order valence-electron chi connectivity index (χ1n) is 9.06. The topological polar surface area (TPSA) is 146 Å². The van der Waals surface area contributed by atoms with Crippen LogP contribution in [0.2, 0.25) is 0 Å². The van der Waals surface area contributed by atoms with Crippen LogP contribution >= 0.6 is 0 Å². The minimum atomic E-state index is -4.10. The molecule has 2 amide bonds. The van der Waals surface area contributed by atoms with E-state index in [-0.39, 0.29) is 37.7 Å². The zero-order valence-corrected chi connectivity index (χ0v) is 16.9. The van der Waals surface area contributed by atoms with Gasteiger partial charge in [0.1, 0.15) is 0 Å². The van der Waals surface area contributed by atoms with E-state index in [1.807, 2.05) is 0 Å². The largest absolute Gasteiger partial charge is 0.478 e. The number of anilines is 1. The van der Waals surface area contributed by atoms with Crippen molar-refractivity contribution in [2.24, 2.45) is 0 Å². The number of carbonyl (C=O) groups is 4. The molecule has 0 saturated heterocycles. The number of carboxylic acids is 2. The summed E-state index contributed by atoms with van der Waals surface area (Å²) in [6.07, 6.45) is 0. The first kappa shape index (κ1) is 20.9. The molecular weight excluding hydrogens is 438 g/mol. The second kappa shape index (κ2) is 7.43. The summed E-state index contributed by atoms with van der Waals surface area (Å²) in [5, 5.41) is 18.1. The highest BCUT2D eigenvalue weighted by atomic mass is 32.2. The molecule has 0 bridgehead atoms. The van der Waals surface area contributed by atoms with Crippen LogP contribution in [-0.2, 0) is 9.84 Å². The monoisotopic (exact) mass is 451 g/mol. The van der Waals surface area contributed by atoms with Gasteiger partial charge in [-0.15, -0.1) is 0 Å². The van der Waals surface area contributed by atoms with E-state index in [9.17, 15) is 27.6 Å². The molecule has 0 saturated carbocycles. The second-order valence-corrected chi connectivity index (χ2v) is 8.79. The van der Waals surface area contributed by atoms with Crippen LogP contribution in [0.5, 0.6) is 0 Å². The van der Waals surface area contributed by atoms with E-state index in [1.165, 1.54) is 36.4 Å². The number of hydrogen-bond acceptors (Lipinski definition) is 6. The Balaban J connectivity index is 1.74. The van der Waals surface area contributed by atoms with Crippen molar-refractivity contribution in [1.82, 2.24) is 0 Å². The minimum Gasteiger partial charge on any atom is -0.478 e. The van der Waals surface area contributed by atoms with Gasteiger partial charge < -0.3 is 10.2 Å². The Morgan fingerprint density at radius 3 is 1.91 bits per heavy atom. The number of imide groups is 1. The zero-order chi connectivity index (χ0) is 23.2. The molecule has 3 aromatic rings. The third-order valence-corrected chi connectivity index (χ3v) is 6.70. The molecule has 2 N–H and O–H groups in total. The van der Waals surface area contributed by atoms with Gasteiger partial charge in [-0.05, 0) is 60.7 Å². The lowest BCUT2D eigenvalue weighted by atomic mass is 10.1. The van der Waals surface area contributed by atoms with E-state index in [1.54, 1.807) is 0 Å². The Hall–Kier alpha value is -4.31. The molecule has 9 nitrogen and oxygen atoms in total. The lowest BCUT2D eigenvalue weighted by Gasteiger charge is -2.14. The predicted octanol–water partition coefficient (Wildman–Crippen LogP) is 2.72. The van der Waals surface area contributed by atoms with Gasteiger partial charge in [0.05, 0.1) is 37.7 Å². The van der Waals surface area contributed by atoms with E-state index in [0.29, 0.717) is 0 Å². The van der Waals surface area contributed by atoms with E-state index >= 15 is 0 Å². The minimum absolute atomic E-state index is 0.0177. The maximum absolute atomic E-state index is 13.0. The van der Waals surface area contributed by atoms with Crippen LogP contribution in [-0.4, -0.2) is 42.4 Å². The summed E-state index contributed by atoms with van der Waals surface area (Å²) >= 11 is 0. The van der Waals surface area contributed by atoms with Crippen molar-refractivity contribution in [2.75, 3.05) is 4.90 Å². The van der Waals surface area contributed by atoms with Crippen molar-refractivity contribution in [3.63, 3.8) is 0 Å². The van der Waals surface area contributed by atoms with Gasteiger partial charge in [-0.1, -0.05) is 6.07 Å². The first-order valence-corrected chi connectivity index (χ1v) is 10.5. The maximum Gasteiger partial charge on any atom is 0.335 e. The molecule has 0 atom stereocenters. The Morgan fingerprint density at radius 1 is 0.688 bits per heavy atom. The van der Waals surface area contributed by atoms with Gasteiger partial charge in [0.2, 0.25) is 9.84 Å². The van der Waals surface area contributed by atoms with Crippen molar-refractivity contribution in [1.29, 1.82) is 0 Å². The molecule has 32 heavy (non-hydrogen) atoms. The summed E-state index contributed by atoms with van der Waals surface area (Å²) in [5.74, 6) is -3.93. The molecule has 0 unspecified atom stereocenters. The summed E-state index contributed by atoms with van der Waals surface area (Å²) in [5.41, 5.74) is -0.315. The number of amides is 2. The molecule has 0 fully saturated rings. The molecular formula is C22H13NO8S. The van der Waals surface area contributed by atoms with E-state index in [0.717, 1.165) is 35.2 Å². The molecule has 3 aromatic carbocycles. The predicted molar refractivity (Wildman–Crippen MR) is 110 cm³/mol. The first-order chi connectivity index (χ1) is 15.1. The molecule has 0 aliphatic carbocycles. The average Bonchev–Trinajstić information content (AvgIpc) is 3.03. The Morgan fingerprint density at radius 2 is 1.28 bits per heavy atom. The third kappa shape index (κ3) is 3.32. The lowest BCUT2D eigenvalue weighted by Crippen LogP contribution is -2.29. The quantitative estimate of drug-likeness (QED) is 0.563. The molecule has 1 aliphatic heterocycles. The molecule has 0 radical (unpaired) electrons. The van der Waals surface area contributed by atoms with Gasteiger partial charge in [0, 0.05) is 0 Å². The SMILES string of the molecule is O=C(O)c1ccc(S(=O)(=O)c2ccc3c(c2)C(=O)N(c2cccc(C(=O)O)c2)C3=O)cc1. The highest BCUT2D eigenvalue weighted by molar-refractivity contribution is 7.91. The second-order valence-electron chi connectivity index (χ2n) is 6.84. The zero-order valence-electron chi connectivity index (χ0n) is 16.1. The van der Waals surface area contributed by atoms with Gasteiger partial charge >= 0.3 is 11.9 Å². The van der Waals surface area contributed by atoms with E-state index < -0.39 is 33.6 Å². The molecule has 160 valence electrons. The summed E-state index contributed by atoms with van der Waals surface area (Å²) in [7, 11) is -4.10. The maximum atomic E-state index is 13.0. The van der Waals surface area contributed by atoms with Crippen molar-refractivity contribution in [2.45, 2.75) is 9.79 Å². The van der Waals surface area contributed by atoms with Gasteiger partial charge in [-0.2, -0.15) is 0 Å². The van der Waals surface area contributed by atoms with E-state index in [2.05, 4.69) is 0 Å². The van der Waals surface area contributed by atoms with Crippen molar-refractivity contribution < 1.29 is 37.8 Å². The summed E-state index contributed by atoms with van der Waals surface area (Å²) in [6, 6.07) is 13.3. The molecule has 1 aliphatic rings. The summed E-state index contributed by atoms with van der Waals surface area (Å²) in [6.45, 7) is 0. The fourth-order valence-corrected chi connectivity index (χ4v) is 4.60. The number of carbonyl (C=O) groups excluding carboxylic acids is 2. The number of carboxylic acid groups (broad SMARTS) is 2. The summed E-state index contributed by atoms with van der Waals surface area (Å²) in [4.78, 5) is 48.2. The van der Waals surface area contributed by atoms with Crippen molar-refractivity contribution in [3.8, 4) is 0 Å². The molecule has 0 aromatic heterocycles. The number of fused-ring (bicyclic) bond motifs is 1. The molecule has 0 spiro atoms. The number of nitrogens with zero attached hydrogens (tertiary/aromatic N) is 1. The van der Waals surface area contributed by atoms with Crippen molar-refractivity contribution >= 4 is 39.3 Å². The van der Waals surface area contributed by atoms with Crippen LogP contribution < -0.4 is 4.90 Å². The van der Waals surface area contributed by atoms with Crippen LogP contribution in [0.3, 0.4) is 0 Å². The molecule has 10 heteroatoms. The third-order valence-electron chi connectivity index (χ3n) is 4.93. The number of rotatable bonds is 5.